The fourth-order valence-electron chi connectivity index (χ4n) is 2.00. The summed E-state index contributed by atoms with van der Waals surface area (Å²) in [5, 5.41) is 9.31. The fourth-order valence-corrected chi connectivity index (χ4v) is 2.00. The summed E-state index contributed by atoms with van der Waals surface area (Å²) in [6.07, 6.45) is 4.50. The molecule has 0 bridgehead atoms. The zero-order chi connectivity index (χ0) is 13.8. The molecule has 0 spiro atoms. The minimum absolute atomic E-state index is 0.197. The lowest BCUT2D eigenvalue weighted by Gasteiger charge is -2.10. The number of hydrogen-bond acceptors (Lipinski definition) is 3. The van der Waals surface area contributed by atoms with Gasteiger partial charge in [-0.1, -0.05) is 6.92 Å². The van der Waals surface area contributed by atoms with Gasteiger partial charge in [-0.25, -0.2) is 9.78 Å². The van der Waals surface area contributed by atoms with Gasteiger partial charge in [0.05, 0.1) is 12.7 Å². The molecule has 2 aromatic rings. The summed E-state index contributed by atoms with van der Waals surface area (Å²) < 4.78 is 7.02. The van der Waals surface area contributed by atoms with Gasteiger partial charge in [0.15, 0.2) is 0 Å². The molecule has 0 fully saturated rings. The van der Waals surface area contributed by atoms with E-state index in [4.69, 9.17) is 4.74 Å². The predicted molar refractivity (Wildman–Crippen MR) is 71.5 cm³/mol. The van der Waals surface area contributed by atoms with Gasteiger partial charge in [-0.3, -0.25) is 0 Å². The van der Waals surface area contributed by atoms with Crippen LogP contribution < -0.4 is 4.74 Å². The lowest BCUT2D eigenvalue weighted by molar-refractivity contribution is 0.0697. The largest absolute Gasteiger partial charge is 0.497 e. The Labute approximate surface area is 111 Å². The first-order valence-electron chi connectivity index (χ1n) is 6.10. The van der Waals surface area contributed by atoms with Crippen molar-refractivity contribution in [2.75, 3.05) is 7.11 Å². The zero-order valence-electron chi connectivity index (χ0n) is 11.0. The van der Waals surface area contributed by atoms with E-state index in [2.05, 4.69) is 11.9 Å². The first-order valence-corrected chi connectivity index (χ1v) is 6.10. The van der Waals surface area contributed by atoms with Gasteiger partial charge in [0.25, 0.3) is 0 Å². The SMILES string of the molecule is CCCn1ccnc1-c1ccc(OC)cc1C(=O)O. The van der Waals surface area contributed by atoms with Crippen LogP contribution >= 0.6 is 0 Å². The quantitative estimate of drug-likeness (QED) is 0.897. The van der Waals surface area contributed by atoms with E-state index in [9.17, 15) is 9.90 Å². The van der Waals surface area contributed by atoms with Crippen LogP contribution in [-0.4, -0.2) is 27.7 Å². The van der Waals surface area contributed by atoms with E-state index in [0.29, 0.717) is 17.1 Å². The number of aromatic nitrogens is 2. The Bertz CT molecular complexity index is 590. The van der Waals surface area contributed by atoms with E-state index >= 15 is 0 Å². The van der Waals surface area contributed by atoms with Crippen molar-refractivity contribution >= 4 is 5.97 Å². The molecule has 1 heterocycles. The van der Waals surface area contributed by atoms with Crippen LogP contribution in [0.2, 0.25) is 0 Å². The molecule has 0 aliphatic rings. The molecule has 1 aromatic heterocycles. The van der Waals surface area contributed by atoms with Crippen LogP contribution in [0, 0.1) is 0 Å². The average Bonchev–Trinajstić information content (AvgIpc) is 2.86. The number of carboxylic acids is 1. The number of ether oxygens (including phenoxy) is 1. The van der Waals surface area contributed by atoms with Gasteiger partial charge in [-0.2, -0.15) is 0 Å². The minimum atomic E-state index is -0.986. The van der Waals surface area contributed by atoms with Crippen molar-refractivity contribution in [1.82, 2.24) is 9.55 Å². The highest BCUT2D eigenvalue weighted by molar-refractivity contribution is 5.95. The number of carbonyl (C=O) groups is 1. The molecule has 100 valence electrons. The number of carboxylic acid groups (broad SMARTS) is 1. The molecule has 1 aromatic carbocycles. The molecule has 0 unspecified atom stereocenters. The van der Waals surface area contributed by atoms with Crippen molar-refractivity contribution in [3.8, 4) is 17.1 Å². The Balaban J connectivity index is 2.54. The number of aryl methyl sites for hydroxylation is 1. The second-order valence-corrected chi connectivity index (χ2v) is 4.16. The van der Waals surface area contributed by atoms with Crippen molar-refractivity contribution in [2.45, 2.75) is 19.9 Å². The molecule has 0 aliphatic carbocycles. The number of nitrogens with zero attached hydrogens (tertiary/aromatic N) is 2. The molecule has 0 radical (unpaired) electrons. The number of benzene rings is 1. The standard InChI is InChI=1S/C14H16N2O3/c1-3-7-16-8-6-15-13(16)11-5-4-10(19-2)9-12(11)14(17)18/h4-6,8-9H,3,7H2,1-2H3,(H,17,18). The van der Waals surface area contributed by atoms with Crippen LogP contribution in [0.1, 0.15) is 23.7 Å². The van der Waals surface area contributed by atoms with Crippen LogP contribution in [0.5, 0.6) is 5.75 Å². The Morgan fingerprint density at radius 3 is 2.89 bits per heavy atom. The number of hydrogen-bond donors (Lipinski definition) is 1. The maximum Gasteiger partial charge on any atom is 0.336 e. The molecule has 0 aliphatic heterocycles. The smallest absolute Gasteiger partial charge is 0.336 e. The summed E-state index contributed by atoms with van der Waals surface area (Å²) >= 11 is 0. The maximum atomic E-state index is 11.4. The number of imidazole rings is 1. The summed E-state index contributed by atoms with van der Waals surface area (Å²) in [5.41, 5.74) is 0.801. The molecule has 5 nitrogen and oxygen atoms in total. The number of aromatic carboxylic acids is 1. The van der Waals surface area contributed by atoms with Crippen molar-refractivity contribution < 1.29 is 14.6 Å². The van der Waals surface area contributed by atoms with E-state index in [1.165, 1.54) is 13.2 Å². The highest BCUT2D eigenvalue weighted by Gasteiger charge is 2.16. The average molecular weight is 260 g/mol. The summed E-state index contributed by atoms with van der Waals surface area (Å²) in [6.45, 7) is 2.87. The zero-order valence-corrected chi connectivity index (χ0v) is 11.0. The molecule has 19 heavy (non-hydrogen) atoms. The third kappa shape index (κ3) is 2.59. The molecule has 5 heteroatoms. The fraction of sp³-hybridized carbons (Fsp3) is 0.286. The molecule has 1 N–H and O–H groups in total. The lowest BCUT2D eigenvalue weighted by atomic mass is 10.1. The molecule has 0 saturated heterocycles. The summed E-state index contributed by atoms with van der Waals surface area (Å²) in [4.78, 5) is 15.6. The third-order valence-corrected chi connectivity index (χ3v) is 2.88. The maximum absolute atomic E-state index is 11.4. The van der Waals surface area contributed by atoms with Crippen LogP contribution in [-0.2, 0) is 6.54 Å². The van der Waals surface area contributed by atoms with Crippen molar-refractivity contribution in [3.63, 3.8) is 0 Å². The normalized spacial score (nSPS) is 10.4. The van der Waals surface area contributed by atoms with Gasteiger partial charge in [0, 0.05) is 24.5 Å². The second kappa shape index (κ2) is 5.56. The van der Waals surface area contributed by atoms with Gasteiger partial charge in [-0.05, 0) is 24.6 Å². The van der Waals surface area contributed by atoms with E-state index in [1.807, 2.05) is 10.8 Å². The second-order valence-electron chi connectivity index (χ2n) is 4.16. The van der Waals surface area contributed by atoms with Gasteiger partial charge >= 0.3 is 5.97 Å². The van der Waals surface area contributed by atoms with E-state index in [-0.39, 0.29) is 5.56 Å². The predicted octanol–water partition coefficient (Wildman–Crippen LogP) is 2.67. The van der Waals surface area contributed by atoms with E-state index in [0.717, 1.165) is 13.0 Å². The van der Waals surface area contributed by atoms with Crippen molar-refractivity contribution in [3.05, 3.63) is 36.2 Å². The van der Waals surface area contributed by atoms with Crippen molar-refractivity contribution in [1.29, 1.82) is 0 Å². The monoisotopic (exact) mass is 260 g/mol. The Kier molecular flexibility index (Phi) is 3.85. The number of rotatable bonds is 5. The Hall–Kier alpha value is -2.30. The molecule has 0 saturated carbocycles. The highest BCUT2D eigenvalue weighted by atomic mass is 16.5. The molecule has 2 rings (SSSR count). The van der Waals surface area contributed by atoms with Crippen LogP contribution in [0.3, 0.4) is 0 Å². The van der Waals surface area contributed by atoms with Crippen LogP contribution in [0.25, 0.3) is 11.4 Å². The molecular weight excluding hydrogens is 244 g/mol. The highest BCUT2D eigenvalue weighted by Crippen LogP contribution is 2.26. The minimum Gasteiger partial charge on any atom is -0.497 e. The van der Waals surface area contributed by atoms with Gasteiger partial charge < -0.3 is 14.4 Å². The molecule has 0 amide bonds. The molecular formula is C14H16N2O3. The summed E-state index contributed by atoms with van der Waals surface area (Å²) in [7, 11) is 1.51. The van der Waals surface area contributed by atoms with Crippen molar-refractivity contribution in [2.24, 2.45) is 0 Å². The van der Waals surface area contributed by atoms with Gasteiger partial charge in [0.1, 0.15) is 11.6 Å². The lowest BCUT2D eigenvalue weighted by Crippen LogP contribution is -2.05. The Morgan fingerprint density at radius 1 is 1.47 bits per heavy atom. The van der Waals surface area contributed by atoms with E-state index in [1.54, 1.807) is 18.3 Å². The van der Waals surface area contributed by atoms with Gasteiger partial charge in [-0.15, -0.1) is 0 Å². The van der Waals surface area contributed by atoms with Crippen LogP contribution in [0.15, 0.2) is 30.6 Å². The summed E-state index contributed by atoms with van der Waals surface area (Å²) in [6, 6.07) is 4.99. The topological polar surface area (TPSA) is 64.4 Å². The number of methoxy groups -OCH3 is 1. The Morgan fingerprint density at radius 2 is 2.26 bits per heavy atom. The third-order valence-electron chi connectivity index (χ3n) is 2.88. The van der Waals surface area contributed by atoms with Crippen LogP contribution in [0.4, 0.5) is 0 Å². The molecule has 0 atom stereocenters. The first kappa shape index (κ1) is 13.1. The van der Waals surface area contributed by atoms with E-state index < -0.39 is 5.97 Å². The van der Waals surface area contributed by atoms with Gasteiger partial charge in [0.2, 0.25) is 0 Å². The first-order chi connectivity index (χ1) is 9.17. The summed E-state index contributed by atoms with van der Waals surface area (Å²) in [5.74, 6) is 0.205.